The number of carbonyl (C=O) groups excluding carboxylic acids is 1. The average Bonchev–Trinajstić information content (AvgIpc) is 2.38. The van der Waals surface area contributed by atoms with Gasteiger partial charge >= 0.3 is 12.0 Å². The van der Waals surface area contributed by atoms with E-state index in [1.54, 1.807) is 0 Å². The molecule has 1 atom stereocenters. The number of unbranched alkanes of at least 4 members (excludes halogenated alkanes) is 1. The molecule has 6 heteroatoms. The normalized spacial score (nSPS) is 11.8. The number of aromatic carboxylic acids is 1. The Labute approximate surface area is 117 Å². The first-order chi connectivity index (χ1) is 9.43. The Morgan fingerprint density at radius 1 is 1.40 bits per heavy atom. The minimum absolute atomic E-state index is 0.00342. The van der Waals surface area contributed by atoms with Gasteiger partial charge in [0.15, 0.2) is 0 Å². The van der Waals surface area contributed by atoms with Crippen molar-refractivity contribution in [2.45, 2.75) is 39.2 Å². The zero-order valence-electron chi connectivity index (χ0n) is 11.6. The van der Waals surface area contributed by atoms with Crippen LogP contribution >= 0.6 is 0 Å². The third kappa shape index (κ3) is 4.87. The Bertz CT molecular complexity index is 491. The van der Waals surface area contributed by atoms with Crippen molar-refractivity contribution in [2.24, 2.45) is 0 Å². The number of anilines is 1. The van der Waals surface area contributed by atoms with E-state index in [2.05, 4.69) is 17.6 Å². The molecule has 1 unspecified atom stereocenters. The molecule has 0 aliphatic carbocycles. The van der Waals surface area contributed by atoms with Crippen LogP contribution in [0.3, 0.4) is 0 Å². The van der Waals surface area contributed by atoms with Gasteiger partial charge in [-0.2, -0.15) is 0 Å². The number of amides is 2. The number of carbonyl (C=O) groups is 2. The van der Waals surface area contributed by atoms with E-state index in [1.807, 2.05) is 6.92 Å². The molecule has 0 aliphatic rings. The molecule has 110 valence electrons. The number of halogens is 1. The minimum Gasteiger partial charge on any atom is -0.478 e. The summed E-state index contributed by atoms with van der Waals surface area (Å²) in [5.41, 5.74) is -0.208. The van der Waals surface area contributed by atoms with Gasteiger partial charge < -0.3 is 15.7 Å². The van der Waals surface area contributed by atoms with Crippen LogP contribution in [0.25, 0.3) is 0 Å². The Kier molecular flexibility index (Phi) is 5.96. The molecule has 0 bridgehead atoms. The summed E-state index contributed by atoms with van der Waals surface area (Å²) in [4.78, 5) is 22.3. The second-order valence-corrected chi connectivity index (χ2v) is 4.64. The van der Waals surface area contributed by atoms with Gasteiger partial charge in [0.2, 0.25) is 0 Å². The van der Waals surface area contributed by atoms with Crippen molar-refractivity contribution in [1.29, 1.82) is 0 Å². The quantitative estimate of drug-likeness (QED) is 0.749. The van der Waals surface area contributed by atoms with Gasteiger partial charge in [0.25, 0.3) is 0 Å². The van der Waals surface area contributed by atoms with Gasteiger partial charge in [-0.25, -0.2) is 14.0 Å². The lowest BCUT2D eigenvalue weighted by Gasteiger charge is -2.14. The van der Waals surface area contributed by atoms with E-state index in [0.29, 0.717) is 0 Å². The number of carboxylic acid groups (broad SMARTS) is 1. The number of nitrogens with one attached hydrogen (secondary N) is 2. The molecular formula is C14H19FN2O3. The van der Waals surface area contributed by atoms with Crippen LogP contribution in [-0.4, -0.2) is 23.1 Å². The van der Waals surface area contributed by atoms with Crippen LogP contribution in [0.2, 0.25) is 0 Å². The van der Waals surface area contributed by atoms with Gasteiger partial charge in [0.1, 0.15) is 5.82 Å². The van der Waals surface area contributed by atoms with Crippen molar-refractivity contribution in [3.05, 3.63) is 29.6 Å². The summed E-state index contributed by atoms with van der Waals surface area (Å²) < 4.78 is 13.6. The van der Waals surface area contributed by atoms with E-state index in [9.17, 15) is 14.0 Å². The highest BCUT2D eigenvalue weighted by Crippen LogP contribution is 2.15. The van der Waals surface area contributed by atoms with Gasteiger partial charge in [0, 0.05) is 6.04 Å². The Balaban J connectivity index is 2.60. The second kappa shape index (κ2) is 7.47. The Hall–Kier alpha value is -2.11. The molecule has 20 heavy (non-hydrogen) atoms. The van der Waals surface area contributed by atoms with Crippen LogP contribution in [0, 0.1) is 5.82 Å². The average molecular weight is 282 g/mol. The summed E-state index contributed by atoms with van der Waals surface area (Å²) in [6.07, 6.45) is 2.90. The summed E-state index contributed by atoms with van der Waals surface area (Å²) in [5, 5.41) is 13.8. The highest BCUT2D eigenvalue weighted by molar-refractivity contribution is 5.91. The minimum atomic E-state index is -1.21. The molecular weight excluding hydrogens is 263 g/mol. The van der Waals surface area contributed by atoms with E-state index < -0.39 is 17.8 Å². The molecule has 0 radical (unpaired) electrons. The second-order valence-electron chi connectivity index (χ2n) is 4.64. The van der Waals surface area contributed by atoms with Gasteiger partial charge in [-0.05, 0) is 31.5 Å². The van der Waals surface area contributed by atoms with Crippen LogP contribution in [0.1, 0.15) is 43.5 Å². The van der Waals surface area contributed by atoms with Crippen molar-refractivity contribution < 1.29 is 19.1 Å². The number of rotatable bonds is 6. The van der Waals surface area contributed by atoms with Crippen molar-refractivity contribution in [2.75, 3.05) is 5.32 Å². The first-order valence-electron chi connectivity index (χ1n) is 6.54. The maximum absolute atomic E-state index is 13.6. The maximum Gasteiger partial charge on any atom is 0.335 e. The number of benzene rings is 1. The lowest BCUT2D eigenvalue weighted by molar-refractivity contribution is 0.0696. The summed E-state index contributed by atoms with van der Waals surface area (Å²) in [6, 6.07) is 2.83. The predicted octanol–water partition coefficient (Wildman–Crippen LogP) is 3.22. The lowest BCUT2D eigenvalue weighted by atomic mass is 10.1. The molecule has 5 nitrogen and oxygen atoms in total. The van der Waals surface area contributed by atoms with Crippen LogP contribution < -0.4 is 10.6 Å². The topological polar surface area (TPSA) is 78.4 Å². The van der Waals surface area contributed by atoms with Crippen LogP contribution in [-0.2, 0) is 0 Å². The third-order valence-electron chi connectivity index (χ3n) is 2.83. The largest absolute Gasteiger partial charge is 0.478 e. The predicted molar refractivity (Wildman–Crippen MR) is 74.5 cm³/mol. The summed E-state index contributed by atoms with van der Waals surface area (Å²) in [5.74, 6) is -1.99. The SMILES string of the molecule is CCCCC(C)NC(=O)Nc1ccc(C(=O)O)cc1F. The fourth-order valence-corrected chi connectivity index (χ4v) is 1.71. The van der Waals surface area contributed by atoms with E-state index in [1.165, 1.54) is 12.1 Å². The highest BCUT2D eigenvalue weighted by atomic mass is 19.1. The zero-order valence-corrected chi connectivity index (χ0v) is 11.6. The van der Waals surface area contributed by atoms with Crippen LogP contribution in [0.5, 0.6) is 0 Å². The van der Waals surface area contributed by atoms with Gasteiger partial charge in [-0.15, -0.1) is 0 Å². The number of carboxylic acids is 1. The van der Waals surface area contributed by atoms with E-state index in [0.717, 1.165) is 25.3 Å². The molecule has 0 fully saturated rings. The molecule has 1 rings (SSSR count). The van der Waals surface area contributed by atoms with Crippen molar-refractivity contribution in [3.63, 3.8) is 0 Å². The Morgan fingerprint density at radius 3 is 2.65 bits per heavy atom. The highest BCUT2D eigenvalue weighted by Gasteiger charge is 2.12. The number of hydrogen-bond acceptors (Lipinski definition) is 2. The molecule has 1 aromatic carbocycles. The molecule has 0 aromatic heterocycles. The Morgan fingerprint density at radius 2 is 2.10 bits per heavy atom. The van der Waals surface area contributed by atoms with E-state index >= 15 is 0 Å². The molecule has 0 heterocycles. The molecule has 0 spiro atoms. The summed E-state index contributed by atoms with van der Waals surface area (Å²) in [7, 11) is 0. The summed E-state index contributed by atoms with van der Waals surface area (Å²) >= 11 is 0. The molecule has 3 N–H and O–H groups in total. The van der Waals surface area contributed by atoms with E-state index in [-0.39, 0.29) is 17.3 Å². The lowest BCUT2D eigenvalue weighted by Crippen LogP contribution is -2.36. The van der Waals surface area contributed by atoms with Crippen molar-refractivity contribution >= 4 is 17.7 Å². The molecule has 0 saturated carbocycles. The third-order valence-corrected chi connectivity index (χ3v) is 2.83. The zero-order chi connectivity index (χ0) is 15.1. The van der Waals surface area contributed by atoms with Gasteiger partial charge in [-0.1, -0.05) is 19.8 Å². The fourth-order valence-electron chi connectivity index (χ4n) is 1.71. The standard InChI is InChI=1S/C14H19FN2O3/c1-3-4-5-9(2)16-14(20)17-12-7-6-10(13(18)19)8-11(12)15/h6-9H,3-5H2,1-2H3,(H,18,19)(H2,16,17,20). The van der Waals surface area contributed by atoms with Crippen LogP contribution in [0.15, 0.2) is 18.2 Å². The molecule has 0 aliphatic heterocycles. The van der Waals surface area contributed by atoms with Gasteiger partial charge in [0.05, 0.1) is 11.3 Å². The fraction of sp³-hybridized carbons (Fsp3) is 0.429. The first-order valence-corrected chi connectivity index (χ1v) is 6.54. The number of hydrogen-bond donors (Lipinski definition) is 3. The number of urea groups is 1. The van der Waals surface area contributed by atoms with E-state index in [4.69, 9.17) is 5.11 Å². The van der Waals surface area contributed by atoms with Crippen molar-refractivity contribution in [3.8, 4) is 0 Å². The molecule has 1 aromatic rings. The van der Waals surface area contributed by atoms with Crippen LogP contribution in [0.4, 0.5) is 14.9 Å². The monoisotopic (exact) mass is 282 g/mol. The molecule has 0 saturated heterocycles. The maximum atomic E-state index is 13.6. The smallest absolute Gasteiger partial charge is 0.335 e. The first kappa shape index (κ1) is 15.9. The van der Waals surface area contributed by atoms with Crippen molar-refractivity contribution in [1.82, 2.24) is 5.32 Å². The summed E-state index contributed by atoms with van der Waals surface area (Å²) in [6.45, 7) is 3.94. The van der Waals surface area contributed by atoms with Gasteiger partial charge in [-0.3, -0.25) is 0 Å². The molecule has 2 amide bonds.